The Kier molecular flexibility index (Phi) is 16.9. The number of carboxylic acid groups (broad SMARTS) is 2. The maximum atomic E-state index is 11.9. The fourth-order valence-corrected chi connectivity index (χ4v) is 10.3. The van der Waals surface area contributed by atoms with E-state index in [0.717, 1.165) is 105 Å². The number of carbonyl (C=O) groups is 2. The number of halogens is 2. The van der Waals surface area contributed by atoms with E-state index in [4.69, 9.17) is 42.1 Å². The molecule has 6 aromatic rings. The van der Waals surface area contributed by atoms with Crippen LogP contribution in [0.1, 0.15) is 81.3 Å². The molecule has 2 N–H and O–H groups in total. The number of hydrogen-bond acceptors (Lipinski definition) is 12. The third-order valence-electron chi connectivity index (χ3n) is 14.0. The SMILES string of the molecule is CN=Cc1cncc(COc2cc(OCc3cccc(-c4cccc(COc5cc(OCc6cncc(C7=NC7)c6)c(CN6CCCC(C(=O)O)C6)cc5Cl)c4C)c3C)c(Cl)cc2CN2CCCC(C(=O)O)C2)c1. The summed E-state index contributed by atoms with van der Waals surface area (Å²) in [5.41, 5.74) is 12.5. The maximum Gasteiger partial charge on any atom is 0.307 e. The Morgan fingerprint density at radius 3 is 1.62 bits per heavy atom. The molecule has 2 aromatic heterocycles. The summed E-state index contributed by atoms with van der Waals surface area (Å²) in [6.07, 6.45) is 11.7. The van der Waals surface area contributed by atoms with E-state index in [-0.39, 0.29) is 26.4 Å². The summed E-state index contributed by atoms with van der Waals surface area (Å²) >= 11 is 14.0. The molecule has 3 aliphatic rings. The molecule has 0 aliphatic carbocycles. The lowest BCUT2D eigenvalue weighted by Crippen LogP contribution is -2.38. The lowest BCUT2D eigenvalue weighted by atomic mass is 9.92. The van der Waals surface area contributed by atoms with Gasteiger partial charge >= 0.3 is 11.9 Å². The van der Waals surface area contributed by atoms with Crippen LogP contribution in [0.25, 0.3) is 11.1 Å². The highest BCUT2D eigenvalue weighted by Crippen LogP contribution is 2.39. The highest BCUT2D eigenvalue weighted by atomic mass is 35.5. The summed E-state index contributed by atoms with van der Waals surface area (Å²) < 4.78 is 26.0. The predicted molar refractivity (Wildman–Crippen MR) is 286 cm³/mol. The van der Waals surface area contributed by atoms with Crippen molar-refractivity contribution in [2.75, 3.05) is 39.8 Å². The molecule has 0 spiro atoms. The molecule has 2 fully saturated rings. The van der Waals surface area contributed by atoms with Crippen LogP contribution in [0.15, 0.2) is 108 Å². The molecule has 0 saturated carbocycles. The van der Waals surface area contributed by atoms with Crippen LogP contribution >= 0.6 is 23.2 Å². The van der Waals surface area contributed by atoms with Gasteiger partial charge < -0.3 is 29.2 Å². The Labute approximate surface area is 441 Å². The molecule has 0 amide bonds. The fraction of sp³-hybridized carbons (Fsp3) is 0.345. The van der Waals surface area contributed by atoms with Crippen LogP contribution in [0.4, 0.5) is 0 Å². The zero-order valence-electron chi connectivity index (χ0n) is 41.9. The highest BCUT2D eigenvalue weighted by Gasteiger charge is 2.28. The van der Waals surface area contributed by atoms with Crippen molar-refractivity contribution >= 4 is 47.1 Å². The van der Waals surface area contributed by atoms with Gasteiger partial charge in [-0.3, -0.25) is 39.3 Å². The second-order valence-corrected chi connectivity index (χ2v) is 20.1. The first-order valence-electron chi connectivity index (χ1n) is 25.0. The van der Waals surface area contributed by atoms with E-state index in [9.17, 15) is 19.8 Å². The first-order chi connectivity index (χ1) is 35.9. The molecule has 0 radical (unpaired) electrons. The number of pyridine rings is 2. The molecule has 3 aliphatic heterocycles. The first kappa shape index (κ1) is 52.0. The Hall–Kier alpha value is -6.84. The zero-order chi connectivity index (χ0) is 51.7. The van der Waals surface area contributed by atoms with Gasteiger partial charge in [-0.15, -0.1) is 0 Å². The van der Waals surface area contributed by atoms with E-state index in [1.54, 1.807) is 31.9 Å². The Morgan fingerprint density at radius 1 is 0.649 bits per heavy atom. The van der Waals surface area contributed by atoms with Crippen molar-refractivity contribution in [1.29, 1.82) is 0 Å². The standard InChI is InChI=1S/C58H60Cl2N6O8/c1-36-43(34-73-55-20-53(71-32-39-16-38(22-61-3)23-62-24-39)46(18-50(55)59)30-65-14-6-10-41(28-65)57(67)68)8-4-12-48(36)49-13-5-9-44(37(49)2)35-74-56-21-54(72-33-40-17-45(26-63-25-40)52-27-64-52)47(19-51(56)60)31-66-15-7-11-42(29-66)58(69)70/h4-5,8-9,12-13,16-26,41-42H,6-7,10-11,14-15,27-35H2,1-3H3,(H,67,68)(H,69,70). The lowest BCUT2D eigenvalue weighted by molar-refractivity contribution is -0.144. The van der Waals surface area contributed by atoms with Gasteiger partial charge in [0.05, 0.1) is 34.1 Å². The smallest absolute Gasteiger partial charge is 0.307 e. The summed E-state index contributed by atoms with van der Waals surface area (Å²) in [5.74, 6) is -0.273. The Bertz CT molecular complexity index is 3090. The van der Waals surface area contributed by atoms with E-state index in [1.807, 2.05) is 66.9 Å². The van der Waals surface area contributed by atoms with Crippen molar-refractivity contribution < 1.29 is 38.7 Å². The minimum absolute atomic E-state index is 0.239. The second-order valence-electron chi connectivity index (χ2n) is 19.3. The van der Waals surface area contributed by atoms with E-state index in [1.165, 1.54) is 0 Å². The van der Waals surface area contributed by atoms with Gasteiger partial charge in [-0.25, -0.2) is 0 Å². The van der Waals surface area contributed by atoms with Crippen molar-refractivity contribution in [3.05, 3.63) is 163 Å². The topological polar surface area (TPSA) is 168 Å². The summed E-state index contributed by atoms with van der Waals surface area (Å²) in [4.78, 5) is 45.3. The number of ether oxygens (including phenoxy) is 4. The molecule has 9 rings (SSSR count). The summed E-state index contributed by atoms with van der Waals surface area (Å²) in [5, 5.41) is 20.4. The van der Waals surface area contributed by atoms with Crippen LogP contribution < -0.4 is 18.9 Å². The van der Waals surface area contributed by atoms with Crippen LogP contribution in [0.3, 0.4) is 0 Å². The number of benzene rings is 4. The van der Waals surface area contributed by atoms with Gasteiger partial charge in [-0.1, -0.05) is 59.6 Å². The molecule has 14 nitrogen and oxygen atoms in total. The maximum absolute atomic E-state index is 11.9. The third-order valence-corrected chi connectivity index (χ3v) is 14.6. The normalized spacial score (nSPS) is 17.0. The van der Waals surface area contributed by atoms with Crippen molar-refractivity contribution in [3.8, 4) is 34.1 Å². The molecule has 4 aromatic carbocycles. The van der Waals surface area contributed by atoms with Crippen LogP contribution in [0, 0.1) is 25.7 Å². The average Bonchev–Trinajstić information content (AvgIpc) is 4.25. The number of aliphatic carboxylic acids is 2. The number of carboxylic acids is 2. The largest absolute Gasteiger partial charge is 0.488 e. The van der Waals surface area contributed by atoms with Crippen LogP contribution in [-0.4, -0.2) is 93.6 Å². The van der Waals surface area contributed by atoms with E-state index in [0.29, 0.717) is 72.1 Å². The number of hydrogen-bond donors (Lipinski definition) is 2. The number of likely N-dealkylation sites (tertiary alicyclic amines) is 2. The fourth-order valence-electron chi connectivity index (χ4n) is 9.82. The zero-order valence-corrected chi connectivity index (χ0v) is 43.4. The van der Waals surface area contributed by atoms with Crippen molar-refractivity contribution in [2.45, 2.75) is 79.0 Å². The Balaban J connectivity index is 0.915. The van der Waals surface area contributed by atoms with E-state index >= 15 is 0 Å². The molecule has 5 heterocycles. The quantitative estimate of drug-likeness (QED) is 0.0656. The van der Waals surface area contributed by atoms with Crippen LogP contribution in [-0.2, 0) is 49.1 Å². The lowest BCUT2D eigenvalue weighted by Gasteiger charge is -2.31. The summed E-state index contributed by atoms with van der Waals surface area (Å²) in [6, 6.07) is 23.8. The van der Waals surface area contributed by atoms with Gasteiger partial charge in [0, 0.05) is 110 Å². The summed E-state index contributed by atoms with van der Waals surface area (Å²) in [6.45, 7) is 9.29. The molecule has 0 bridgehead atoms. The predicted octanol–water partition coefficient (Wildman–Crippen LogP) is 10.8. The van der Waals surface area contributed by atoms with Gasteiger partial charge in [0.2, 0.25) is 0 Å². The van der Waals surface area contributed by atoms with Crippen molar-refractivity contribution in [3.63, 3.8) is 0 Å². The van der Waals surface area contributed by atoms with Crippen molar-refractivity contribution in [1.82, 2.24) is 19.8 Å². The molecule has 16 heteroatoms. The van der Waals surface area contributed by atoms with Gasteiger partial charge in [-0.05, 0) is 110 Å². The number of piperidine rings is 2. The molecule has 2 saturated heterocycles. The number of rotatable bonds is 21. The number of nitrogens with zero attached hydrogens (tertiary/aromatic N) is 6. The molecule has 74 heavy (non-hydrogen) atoms. The molecule has 2 atom stereocenters. The number of aliphatic imine (C=N–C) groups is 2. The molecule has 384 valence electrons. The summed E-state index contributed by atoms with van der Waals surface area (Å²) in [7, 11) is 1.71. The van der Waals surface area contributed by atoms with Gasteiger partial charge in [0.1, 0.15) is 49.4 Å². The molecular formula is C58H60Cl2N6O8. The molecular weight excluding hydrogens is 980 g/mol. The van der Waals surface area contributed by atoms with Crippen LogP contribution in [0.5, 0.6) is 23.0 Å². The Morgan fingerprint density at radius 2 is 1.14 bits per heavy atom. The first-order valence-corrected chi connectivity index (χ1v) is 25.7. The van der Waals surface area contributed by atoms with Gasteiger partial charge in [0.25, 0.3) is 0 Å². The minimum Gasteiger partial charge on any atom is -0.488 e. The second kappa shape index (κ2) is 24.0. The number of aromatic nitrogens is 2. The monoisotopic (exact) mass is 1040 g/mol. The van der Waals surface area contributed by atoms with E-state index < -0.39 is 23.8 Å². The average molecular weight is 1040 g/mol. The molecule has 2 unspecified atom stereocenters. The van der Waals surface area contributed by atoms with Crippen LogP contribution in [0.2, 0.25) is 10.0 Å². The third kappa shape index (κ3) is 13.1. The van der Waals surface area contributed by atoms with Gasteiger partial charge in [-0.2, -0.15) is 0 Å². The van der Waals surface area contributed by atoms with E-state index in [2.05, 4.69) is 55.7 Å². The minimum atomic E-state index is -0.780. The highest BCUT2D eigenvalue weighted by molar-refractivity contribution is 6.32. The van der Waals surface area contributed by atoms with Crippen molar-refractivity contribution in [2.24, 2.45) is 21.8 Å². The van der Waals surface area contributed by atoms with Gasteiger partial charge in [0.15, 0.2) is 0 Å².